The van der Waals surface area contributed by atoms with Crippen molar-refractivity contribution in [3.63, 3.8) is 0 Å². The summed E-state index contributed by atoms with van der Waals surface area (Å²) in [7, 11) is 0. The first-order valence-electron chi connectivity index (χ1n) is 7.35. The molecule has 0 bridgehead atoms. The van der Waals surface area contributed by atoms with E-state index in [4.69, 9.17) is 16.3 Å². The highest BCUT2D eigenvalue weighted by molar-refractivity contribution is 6.31. The number of nitrogens with one attached hydrogen (secondary N) is 1. The van der Waals surface area contributed by atoms with Crippen LogP contribution in [-0.2, 0) is 11.2 Å². The number of aryl methyl sites for hydroxylation is 2. The number of carbonyl (C=O) groups is 1. The largest absolute Gasteiger partial charge is 0.492 e. The summed E-state index contributed by atoms with van der Waals surface area (Å²) in [6, 6.07) is 15.6. The highest BCUT2D eigenvalue weighted by Crippen LogP contribution is 2.21. The first kappa shape index (κ1) is 16.4. The molecule has 0 unspecified atom stereocenters. The van der Waals surface area contributed by atoms with Crippen molar-refractivity contribution in [2.45, 2.75) is 19.8 Å². The Labute approximate surface area is 136 Å². The normalized spacial score (nSPS) is 10.3. The lowest BCUT2D eigenvalue weighted by Gasteiger charge is -2.09. The number of benzene rings is 2. The molecule has 0 saturated heterocycles. The summed E-state index contributed by atoms with van der Waals surface area (Å²) in [4.78, 5) is 11.7. The lowest BCUT2D eigenvalue weighted by Crippen LogP contribution is -2.28. The van der Waals surface area contributed by atoms with Crippen LogP contribution in [-0.4, -0.2) is 19.1 Å². The van der Waals surface area contributed by atoms with Gasteiger partial charge in [0.15, 0.2) is 0 Å². The molecule has 116 valence electrons. The summed E-state index contributed by atoms with van der Waals surface area (Å²) in [6.45, 7) is 2.86. The molecule has 3 nitrogen and oxygen atoms in total. The van der Waals surface area contributed by atoms with Gasteiger partial charge in [-0.15, -0.1) is 0 Å². The highest BCUT2D eigenvalue weighted by atomic mass is 35.5. The third-order valence-electron chi connectivity index (χ3n) is 3.32. The predicted octanol–water partition coefficient (Wildman–Crippen LogP) is 3.78. The van der Waals surface area contributed by atoms with Crippen molar-refractivity contribution in [3.8, 4) is 5.75 Å². The molecule has 0 aliphatic rings. The number of rotatable bonds is 7. The summed E-state index contributed by atoms with van der Waals surface area (Å²) < 4.78 is 5.56. The number of amides is 1. The van der Waals surface area contributed by atoms with E-state index < -0.39 is 0 Å². The van der Waals surface area contributed by atoms with E-state index in [0.29, 0.717) is 30.3 Å². The van der Waals surface area contributed by atoms with Crippen molar-refractivity contribution in [2.24, 2.45) is 0 Å². The number of halogens is 1. The Bertz CT molecular complexity index is 614. The topological polar surface area (TPSA) is 38.3 Å². The number of hydrogen-bond acceptors (Lipinski definition) is 2. The van der Waals surface area contributed by atoms with Crippen LogP contribution >= 0.6 is 11.6 Å². The van der Waals surface area contributed by atoms with E-state index >= 15 is 0 Å². The van der Waals surface area contributed by atoms with E-state index in [9.17, 15) is 4.79 Å². The van der Waals surface area contributed by atoms with Crippen molar-refractivity contribution in [3.05, 3.63) is 64.7 Å². The van der Waals surface area contributed by atoms with Gasteiger partial charge in [0.05, 0.1) is 6.54 Å². The smallest absolute Gasteiger partial charge is 0.220 e. The first-order valence-corrected chi connectivity index (χ1v) is 7.72. The highest BCUT2D eigenvalue weighted by Gasteiger charge is 2.02. The number of ether oxygens (including phenoxy) is 1. The Morgan fingerprint density at radius 3 is 2.68 bits per heavy atom. The zero-order valence-corrected chi connectivity index (χ0v) is 13.4. The van der Waals surface area contributed by atoms with E-state index in [2.05, 4.69) is 5.32 Å². The van der Waals surface area contributed by atoms with Crippen LogP contribution in [0.4, 0.5) is 0 Å². The molecule has 2 rings (SSSR count). The minimum atomic E-state index is 0.0365. The minimum absolute atomic E-state index is 0.0365. The fourth-order valence-electron chi connectivity index (χ4n) is 2.01. The lowest BCUT2D eigenvalue weighted by atomic mass is 10.1. The Morgan fingerprint density at radius 2 is 1.95 bits per heavy atom. The molecule has 0 aliphatic carbocycles. The molecule has 0 aromatic heterocycles. The monoisotopic (exact) mass is 317 g/mol. The summed E-state index contributed by atoms with van der Waals surface area (Å²) in [5, 5.41) is 3.54. The second-order valence-electron chi connectivity index (χ2n) is 5.10. The fraction of sp³-hybridized carbons (Fsp3) is 0.278. The van der Waals surface area contributed by atoms with Crippen LogP contribution < -0.4 is 10.1 Å². The molecular formula is C18H20ClNO2. The van der Waals surface area contributed by atoms with Gasteiger partial charge in [0.2, 0.25) is 5.91 Å². The maximum absolute atomic E-state index is 11.7. The molecule has 22 heavy (non-hydrogen) atoms. The van der Waals surface area contributed by atoms with Gasteiger partial charge in [-0.3, -0.25) is 4.79 Å². The maximum Gasteiger partial charge on any atom is 0.220 e. The van der Waals surface area contributed by atoms with Crippen LogP contribution in [0, 0.1) is 6.92 Å². The Balaban J connectivity index is 1.63. The second kappa shape index (κ2) is 8.44. The van der Waals surface area contributed by atoms with Crippen LogP contribution in [0.15, 0.2) is 48.5 Å². The number of carbonyl (C=O) groups excluding carboxylic acids is 1. The quantitative estimate of drug-likeness (QED) is 0.789. The van der Waals surface area contributed by atoms with Gasteiger partial charge < -0.3 is 10.1 Å². The van der Waals surface area contributed by atoms with E-state index in [-0.39, 0.29) is 5.91 Å². The average molecular weight is 318 g/mol. The van der Waals surface area contributed by atoms with Gasteiger partial charge in [0.1, 0.15) is 12.4 Å². The summed E-state index contributed by atoms with van der Waals surface area (Å²) >= 11 is 6.03. The van der Waals surface area contributed by atoms with Crippen LogP contribution in [0.5, 0.6) is 5.75 Å². The molecule has 1 amide bonds. The molecule has 0 aliphatic heterocycles. The van der Waals surface area contributed by atoms with Crippen molar-refractivity contribution in [1.29, 1.82) is 0 Å². The zero-order chi connectivity index (χ0) is 15.8. The molecule has 0 heterocycles. The molecule has 2 aromatic carbocycles. The second-order valence-corrected chi connectivity index (χ2v) is 5.50. The van der Waals surface area contributed by atoms with Crippen LogP contribution in [0.1, 0.15) is 17.5 Å². The summed E-state index contributed by atoms with van der Waals surface area (Å²) in [5.41, 5.74) is 2.19. The summed E-state index contributed by atoms with van der Waals surface area (Å²) in [6.07, 6.45) is 1.24. The summed E-state index contributed by atoms with van der Waals surface area (Å²) in [5.74, 6) is 0.753. The van der Waals surface area contributed by atoms with Gasteiger partial charge >= 0.3 is 0 Å². The first-order chi connectivity index (χ1) is 10.6. The van der Waals surface area contributed by atoms with Gasteiger partial charge in [-0.25, -0.2) is 0 Å². The molecular weight excluding hydrogens is 298 g/mol. The van der Waals surface area contributed by atoms with Crippen LogP contribution in [0.25, 0.3) is 0 Å². The van der Waals surface area contributed by atoms with Crippen molar-refractivity contribution in [2.75, 3.05) is 13.2 Å². The lowest BCUT2D eigenvalue weighted by molar-refractivity contribution is -0.121. The molecule has 0 fully saturated rings. The maximum atomic E-state index is 11.7. The van der Waals surface area contributed by atoms with Crippen molar-refractivity contribution < 1.29 is 9.53 Å². The Hall–Kier alpha value is -2.00. The zero-order valence-electron chi connectivity index (χ0n) is 12.6. The molecule has 4 heteroatoms. The SMILES string of the molecule is Cc1ccc(OCCNC(=O)CCc2ccccc2)cc1Cl. The molecule has 0 radical (unpaired) electrons. The van der Waals surface area contributed by atoms with Gasteiger partial charge in [-0.1, -0.05) is 48.0 Å². The molecule has 0 spiro atoms. The van der Waals surface area contributed by atoms with E-state index in [1.165, 1.54) is 5.56 Å². The van der Waals surface area contributed by atoms with E-state index in [1.807, 2.05) is 49.4 Å². The molecule has 2 aromatic rings. The standard InChI is InChI=1S/C18H20ClNO2/c1-14-7-9-16(13-17(14)19)22-12-11-20-18(21)10-8-15-5-3-2-4-6-15/h2-7,9,13H,8,10-12H2,1H3,(H,20,21). The van der Waals surface area contributed by atoms with Gasteiger partial charge in [-0.2, -0.15) is 0 Å². The molecule has 1 N–H and O–H groups in total. The Morgan fingerprint density at radius 1 is 1.18 bits per heavy atom. The predicted molar refractivity (Wildman–Crippen MR) is 89.5 cm³/mol. The van der Waals surface area contributed by atoms with Gasteiger partial charge in [0, 0.05) is 11.4 Å². The Kier molecular flexibility index (Phi) is 6.28. The fourth-order valence-corrected chi connectivity index (χ4v) is 2.18. The van der Waals surface area contributed by atoms with Gasteiger partial charge in [0.25, 0.3) is 0 Å². The van der Waals surface area contributed by atoms with Crippen molar-refractivity contribution in [1.82, 2.24) is 5.32 Å². The molecule has 0 atom stereocenters. The van der Waals surface area contributed by atoms with Gasteiger partial charge in [-0.05, 0) is 36.6 Å². The van der Waals surface area contributed by atoms with E-state index in [1.54, 1.807) is 6.07 Å². The minimum Gasteiger partial charge on any atom is -0.492 e. The average Bonchev–Trinajstić information content (AvgIpc) is 2.54. The van der Waals surface area contributed by atoms with Crippen LogP contribution in [0.3, 0.4) is 0 Å². The molecule has 0 saturated carbocycles. The van der Waals surface area contributed by atoms with Crippen molar-refractivity contribution >= 4 is 17.5 Å². The third kappa shape index (κ3) is 5.41. The van der Waals surface area contributed by atoms with E-state index in [0.717, 1.165) is 12.0 Å². The van der Waals surface area contributed by atoms with Crippen LogP contribution in [0.2, 0.25) is 5.02 Å². The third-order valence-corrected chi connectivity index (χ3v) is 3.73. The number of hydrogen-bond donors (Lipinski definition) is 1.